The van der Waals surface area contributed by atoms with Crippen LogP contribution in [0.15, 0.2) is 36.4 Å². The molecule has 2 aromatic rings. The van der Waals surface area contributed by atoms with Crippen molar-refractivity contribution in [3.8, 4) is 0 Å². The summed E-state index contributed by atoms with van der Waals surface area (Å²) in [6, 6.07) is 8.82. The van der Waals surface area contributed by atoms with Crippen LogP contribution in [-0.2, 0) is 0 Å². The number of amides is 2. The van der Waals surface area contributed by atoms with Gasteiger partial charge in [-0.1, -0.05) is 33.8 Å². The second-order valence-corrected chi connectivity index (χ2v) is 7.35. The van der Waals surface area contributed by atoms with Gasteiger partial charge in [0, 0.05) is 25.2 Å². The van der Waals surface area contributed by atoms with Crippen molar-refractivity contribution in [3.63, 3.8) is 0 Å². The van der Waals surface area contributed by atoms with Crippen LogP contribution in [0.5, 0.6) is 0 Å². The van der Waals surface area contributed by atoms with Crippen molar-refractivity contribution in [1.29, 1.82) is 0 Å². The van der Waals surface area contributed by atoms with Crippen molar-refractivity contribution in [3.05, 3.63) is 70.3 Å². The van der Waals surface area contributed by atoms with Crippen molar-refractivity contribution < 1.29 is 18.4 Å². The largest absolute Gasteiger partial charge is 0.366 e. The van der Waals surface area contributed by atoms with E-state index in [1.807, 2.05) is 27.7 Å². The first kappa shape index (κ1) is 23.3. The highest BCUT2D eigenvalue weighted by atomic mass is 19.1. The summed E-state index contributed by atoms with van der Waals surface area (Å²) in [4.78, 5) is 23.8. The summed E-state index contributed by atoms with van der Waals surface area (Å²) in [6.07, 6.45) is 0. The van der Waals surface area contributed by atoms with Gasteiger partial charge in [0.05, 0.1) is 0 Å². The third kappa shape index (κ3) is 6.15. The monoisotopic (exact) mass is 390 g/mol. The van der Waals surface area contributed by atoms with E-state index in [0.717, 1.165) is 0 Å². The molecule has 2 N–H and O–H groups in total. The highest BCUT2D eigenvalue weighted by Gasteiger charge is 2.12. The zero-order valence-electron chi connectivity index (χ0n) is 17.2. The molecule has 0 spiro atoms. The first-order chi connectivity index (χ1) is 13.0. The third-order valence-corrected chi connectivity index (χ3v) is 4.18. The highest BCUT2D eigenvalue weighted by molar-refractivity contribution is 5.94. The molecule has 28 heavy (non-hydrogen) atoms. The van der Waals surface area contributed by atoms with Crippen LogP contribution in [0.2, 0.25) is 0 Å². The molecule has 0 aliphatic carbocycles. The van der Waals surface area contributed by atoms with Gasteiger partial charge in [0.15, 0.2) is 0 Å². The maximum Gasteiger partial charge on any atom is 0.253 e. The lowest BCUT2D eigenvalue weighted by molar-refractivity contribution is 0.0826. The molecule has 0 aromatic heterocycles. The number of nitrogens with zero attached hydrogens (tertiary/aromatic N) is 1. The maximum atomic E-state index is 13.6. The molecule has 0 fully saturated rings. The Hall–Kier alpha value is -2.76. The lowest BCUT2D eigenvalue weighted by Gasteiger charge is -2.12. The molecule has 0 aliphatic heterocycles. The zero-order chi connectivity index (χ0) is 21.6. The second-order valence-electron chi connectivity index (χ2n) is 7.35. The summed E-state index contributed by atoms with van der Waals surface area (Å²) in [5.41, 5.74) is 6.98. The number of carbonyl (C=O) groups is 2. The van der Waals surface area contributed by atoms with E-state index >= 15 is 0 Å². The molecule has 2 rings (SSSR count). The van der Waals surface area contributed by atoms with Gasteiger partial charge in [-0.25, -0.2) is 8.78 Å². The lowest BCUT2D eigenvalue weighted by Crippen LogP contribution is -2.21. The zero-order valence-corrected chi connectivity index (χ0v) is 17.2. The normalized spacial score (nSPS) is 10.5. The van der Waals surface area contributed by atoms with Crippen LogP contribution >= 0.6 is 0 Å². The Bertz CT molecular complexity index is 846. The summed E-state index contributed by atoms with van der Waals surface area (Å²) in [5.74, 6) is -1.11. The Kier molecular flexibility index (Phi) is 8.29. The first-order valence-electron chi connectivity index (χ1n) is 9.06. The van der Waals surface area contributed by atoms with Crippen LogP contribution < -0.4 is 5.73 Å². The molecule has 2 aromatic carbocycles. The molecule has 0 saturated heterocycles. The minimum atomic E-state index is -0.526. The molecule has 0 bridgehead atoms. The van der Waals surface area contributed by atoms with Gasteiger partial charge >= 0.3 is 0 Å². The number of hydrogen-bond donors (Lipinski definition) is 1. The lowest BCUT2D eigenvalue weighted by atomic mass is 10.00. The highest BCUT2D eigenvalue weighted by Crippen LogP contribution is 2.20. The van der Waals surface area contributed by atoms with Crippen molar-refractivity contribution in [2.45, 2.75) is 39.5 Å². The van der Waals surface area contributed by atoms with Gasteiger partial charge in [-0.2, -0.15) is 0 Å². The molecular weight excluding hydrogens is 362 g/mol. The molecule has 0 aliphatic rings. The molecule has 0 saturated carbocycles. The van der Waals surface area contributed by atoms with Crippen molar-refractivity contribution in [1.82, 2.24) is 4.90 Å². The van der Waals surface area contributed by atoms with Gasteiger partial charge in [-0.3, -0.25) is 9.59 Å². The summed E-state index contributed by atoms with van der Waals surface area (Å²) < 4.78 is 26.7. The van der Waals surface area contributed by atoms with E-state index < -0.39 is 5.91 Å². The fourth-order valence-electron chi connectivity index (χ4n) is 2.53. The fraction of sp³-hybridized carbons (Fsp3) is 0.364. The summed E-state index contributed by atoms with van der Waals surface area (Å²) in [7, 11) is 3.30. The molecule has 152 valence electrons. The number of nitrogens with two attached hydrogens (primary N) is 1. The summed E-state index contributed by atoms with van der Waals surface area (Å²) in [5, 5.41) is 0. The van der Waals surface area contributed by atoms with Gasteiger partial charge in [0.25, 0.3) is 5.91 Å². The van der Waals surface area contributed by atoms with Gasteiger partial charge in [0.1, 0.15) is 11.6 Å². The Labute approximate surface area is 165 Å². The van der Waals surface area contributed by atoms with Crippen molar-refractivity contribution in [2.24, 2.45) is 5.73 Å². The number of hydrogen-bond acceptors (Lipinski definition) is 2. The molecule has 6 heteroatoms. The number of halogens is 2. The summed E-state index contributed by atoms with van der Waals surface area (Å²) >= 11 is 0. The molecule has 2 amide bonds. The van der Waals surface area contributed by atoms with Crippen LogP contribution in [0.3, 0.4) is 0 Å². The molecular formula is C22H28F2N2O2. The number of rotatable bonds is 4. The van der Waals surface area contributed by atoms with Gasteiger partial charge in [-0.05, 0) is 53.3 Å². The van der Waals surface area contributed by atoms with Gasteiger partial charge in [0.2, 0.25) is 5.91 Å². The Morgan fingerprint density at radius 1 is 0.821 bits per heavy atom. The van der Waals surface area contributed by atoms with E-state index in [1.54, 1.807) is 26.2 Å². The second kappa shape index (κ2) is 9.97. The molecule has 0 unspecified atom stereocenters. The van der Waals surface area contributed by atoms with Crippen molar-refractivity contribution in [2.75, 3.05) is 14.1 Å². The third-order valence-electron chi connectivity index (χ3n) is 4.18. The maximum absolute atomic E-state index is 13.6. The Morgan fingerprint density at radius 2 is 1.36 bits per heavy atom. The predicted molar refractivity (Wildman–Crippen MR) is 108 cm³/mol. The van der Waals surface area contributed by atoms with Crippen molar-refractivity contribution >= 4 is 11.8 Å². The number of carbonyl (C=O) groups excluding carboxylic acids is 2. The Balaban J connectivity index is 0.000000283. The Morgan fingerprint density at radius 3 is 1.79 bits per heavy atom. The van der Waals surface area contributed by atoms with E-state index in [4.69, 9.17) is 5.73 Å². The number of benzene rings is 2. The molecule has 0 atom stereocenters. The number of primary amides is 1. The van der Waals surface area contributed by atoms with E-state index in [-0.39, 0.29) is 29.4 Å². The molecule has 4 nitrogen and oxygen atoms in total. The molecule has 0 radical (unpaired) electrons. The first-order valence-corrected chi connectivity index (χ1v) is 9.06. The van der Waals surface area contributed by atoms with E-state index in [2.05, 4.69) is 0 Å². The van der Waals surface area contributed by atoms with E-state index in [9.17, 15) is 18.4 Å². The smallest absolute Gasteiger partial charge is 0.253 e. The van der Waals surface area contributed by atoms with Gasteiger partial charge in [-0.15, -0.1) is 0 Å². The van der Waals surface area contributed by atoms with Crippen LogP contribution in [0, 0.1) is 11.6 Å². The minimum absolute atomic E-state index is 0.0549. The van der Waals surface area contributed by atoms with Crippen LogP contribution in [0.25, 0.3) is 0 Å². The standard InChI is InChI=1S/C12H16FNO.C10H12FNO/c1-8(2)10-6-5-9(7-11(10)13)12(15)14(3)4;1-6(2)8-5-7(10(12)13)3-4-9(8)11/h5-8H,1-4H3;3-6H,1-2H3,(H2,12,13). The van der Waals surface area contributed by atoms with Crippen LogP contribution in [0.4, 0.5) is 8.78 Å². The minimum Gasteiger partial charge on any atom is -0.366 e. The fourth-order valence-corrected chi connectivity index (χ4v) is 2.53. The molecule has 0 heterocycles. The van der Waals surface area contributed by atoms with E-state index in [0.29, 0.717) is 22.3 Å². The predicted octanol–water partition coefficient (Wildman–Crippen LogP) is 4.70. The topological polar surface area (TPSA) is 63.4 Å². The van der Waals surface area contributed by atoms with Gasteiger partial charge < -0.3 is 10.6 Å². The quantitative estimate of drug-likeness (QED) is 0.822. The van der Waals surface area contributed by atoms with Crippen LogP contribution in [-0.4, -0.2) is 30.8 Å². The average molecular weight is 390 g/mol. The SMILES string of the molecule is CC(C)c1cc(C(N)=O)ccc1F.CC(C)c1ccc(C(=O)N(C)C)cc1F. The van der Waals surface area contributed by atoms with Crippen LogP contribution in [0.1, 0.15) is 71.4 Å². The summed E-state index contributed by atoms with van der Waals surface area (Å²) in [6.45, 7) is 7.57. The van der Waals surface area contributed by atoms with E-state index in [1.165, 1.54) is 29.2 Å². The average Bonchev–Trinajstić information content (AvgIpc) is 2.60.